The zero-order valence-electron chi connectivity index (χ0n) is 10.6. The second-order valence-corrected chi connectivity index (χ2v) is 7.13. The van der Waals surface area contributed by atoms with Crippen LogP contribution in [0.25, 0.3) is 0 Å². The van der Waals surface area contributed by atoms with Crippen molar-refractivity contribution in [1.82, 2.24) is 10.6 Å². The molecule has 2 atom stereocenters. The molecule has 0 radical (unpaired) electrons. The van der Waals surface area contributed by atoms with E-state index in [4.69, 9.17) is 0 Å². The van der Waals surface area contributed by atoms with Crippen molar-refractivity contribution in [2.24, 2.45) is 5.41 Å². The van der Waals surface area contributed by atoms with E-state index in [1.807, 2.05) is 0 Å². The molecule has 0 spiro atoms. The van der Waals surface area contributed by atoms with Gasteiger partial charge in [0.25, 0.3) is 0 Å². The molecule has 2 rings (SSSR count). The van der Waals surface area contributed by atoms with E-state index in [2.05, 4.69) is 17.6 Å². The quantitative estimate of drug-likeness (QED) is 0.766. The maximum atomic E-state index is 12.3. The Labute approximate surface area is 108 Å². The first kappa shape index (κ1) is 13.5. The molecule has 18 heavy (non-hydrogen) atoms. The van der Waals surface area contributed by atoms with E-state index in [0.717, 1.165) is 25.8 Å². The maximum absolute atomic E-state index is 12.3. The number of amides is 1. The largest absolute Gasteiger partial charge is 0.348 e. The predicted molar refractivity (Wildman–Crippen MR) is 69.7 cm³/mol. The van der Waals surface area contributed by atoms with Gasteiger partial charge in [0.05, 0.1) is 17.2 Å². The van der Waals surface area contributed by atoms with Crippen molar-refractivity contribution in [3.05, 3.63) is 11.5 Å². The average Bonchev–Trinajstić information content (AvgIpc) is 2.87. The smallest absolute Gasteiger partial charge is 0.228 e. The van der Waals surface area contributed by atoms with Crippen LogP contribution in [0.2, 0.25) is 0 Å². The fourth-order valence-corrected chi connectivity index (χ4v) is 3.97. The van der Waals surface area contributed by atoms with Gasteiger partial charge in [0.15, 0.2) is 9.84 Å². The maximum Gasteiger partial charge on any atom is 0.228 e. The van der Waals surface area contributed by atoms with Crippen LogP contribution in [0.4, 0.5) is 0 Å². The van der Waals surface area contributed by atoms with Crippen molar-refractivity contribution >= 4 is 15.7 Å². The molecule has 2 N–H and O–H groups in total. The van der Waals surface area contributed by atoms with Gasteiger partial charge in [-0.05, 0) is 25.5 Å². The molecule has 1 amide bonds. The highest BCUT2D eigenvalue weighted by atomic mass is 32.2. The molecule has 0 aromatic carbocycles. The Hall–Kier alpha value is -0.880. The lowest BCUT2D eigenvalue weighted by atomic mass is 9.81. The van der Waals surface area contributed by atoms with Crippen molar-refractivity contribution in [2.75, 3.05) is 18.8 Å². The zero-order valence-corrected chi connectivity index (χ0v) is 11.4. The molecule has 0 aromatic rings. The molecule has 2 aliphatic heterocycles. The summed E-state index contributed by atoms with van der Waals surface area (Å²) in [7, 11) is -3.11. The van der Waals surface area contributed by atoms with Crippen LogP contribution >= 0.6 is 0 Å². The van der Waals surface area contributed by atoms with Crippen LogP contribution in [-0.2, 0) is 14.6 Å². The predicted octanol–water partition coefficient (Wildman–Crippen LogP) is 0.193. The zero-order chi connectivity index (χ0) is 13.2. The fourth-order valence-electron chi connectivity index (χ4n) is 2.73. The monoisotopic (exact) mass is 272 g/mol. The molecule has 5 nitrogen and oxygen atoms in total. The van der Waals surface area contributed by atoms with Crippen LogP contribution in [0.1, 0.15) is 26.2 Å². The minimum atomic E-state index is -3.11. The van der Waals surface area contributed by atoms with Gasteiger partial charge in [0.2, 0.25) is 5.91 Å². The van der Waals surface area contributed by atoms with E-state index < -0.39 is 9.84 Å². The van der Waals surface area contributed by atoms with Crippen LogP contribution < -0.4 is 10.6 Å². The summed E-state index contributed by atoms with van der Waals surface area (Å²) in [5, 5.41) is 7.27. The highest BCUT2D eigenvalue weighted by Gasteiger charge is 2.41. The Bertz CT molecular complexity index is 450. The molecule has 2 aliphatic rings. The molecule has 2 heterocycles. The molecule has 0 aliphatic carbocycles. The lowest BCUT2D eigenvalue weighted by Gasteiger charge is -2.27. The van der Waals surface area contributed by atoms with Crippen LogP contribution in [0, 0.1) is 5.41 Å². The lowest BCUT2D eigenvalue weighted by Crippen LogP contribution is -2.47. The van der Waals surface area contributed by atoms with Crippen LogP contribution in [0.3, 0.4) is 0 Å². The van der Waals surface area contributed by atoms with Gasteiger partial charge in [-0.25, -0.2) is 8.42 Å². The molecule has 1 saturated heterocycles. The number of hydrogen-bond donors (Lipinski definition) is 2. The topological polar surface area (TPSA) is 75.3 Å². The van der Waals surface area contributed by atoms with Crippen LogP contribution in [0.15, 0.2) is 11.5 Å². The molecule has 6 heteroatoms. The van der Waals surface area contributed by atoms with Crippen LogP contribution in [-0.4, -0.2) is 39.2 Å². The summed E-state index contributed by atoms with van der Waals surface area (Å²) in [4.78, 5) is 12.3. The molecule has 0 bridgehead atoms. The van der Waals surface area contributed by atoms with Gasteiger partial charge in [-0.15, -0.1) is 0 Å². The normalized spacial score (nSPS) is 33.7. The lowest BCUT2D eigenvalue weighted by molar-refractivity contribution is -0.130. The first-order valence-corrected chi connectivity index (χ1v) is 8.12. The number of carbonyl (C=O) groups excluding carboxylic acids is 1. The Morgan fingerprint density at radius 1 is 1.56 bits per heavy atom. The number of rotatable bonds is 4. The second-order valence-electron chi connectivity index (χ2n) is 5.20. The molecule has 0 saturated carbocycles. The van der Waals surface area contributed by atoms with Crippen molar-refractivity contribution in [3.63, 3.8) is 0 Å². The third-order valence-electron chi connectivity index (χ3n) is 3.70. The summed E-state index contributed by atoms with van der Waals surface area (Å²) in [5.41, 5.74) is -0.352. The summed E-state index contributed by atoms with van der Waals surface area (Å²) < 4.78 is 22.6. The van der Waals surface area contributed by atoms with Gasteiger partial charge in [-0.3, -0.25) is 4.79 Å². The Morgan fingerprint density at radius 2 is 2.33 bits per heavy atom. The van der Waals surface area contributed by atoms with E-state index in [9.17, 15) is 13.2 Å². The Kier molecular flexibility index (Phi) is 3.77. The molecular formula is C12H20N2O3S. The molecule has 1 fully saturated rings. The van der Waals surface area contributed by atoms with Crippen molar-refractivity contribution in [1.29, 1.82) is 0 Å². The SMILES string of the molecule is CCCC1(C(=O)NC2C=CS(=O)(=O)C2)CCNC1. The van der Waals surface area contributed by atoms with Crippen molar-refractivity contribution in [2.45, 2.75) is 32.2 Å². The van der Waals surface area contributed by atoms with E-state index in [1.165, 1.54) is 5.41 Å². The minimum Gasteiger partial charge on any atom is -0.348 e. The van der Waals surface area contributed by atoms with Gasteiger partial charge < -0.3 is 10.6 Å². The minimum absolute atomic E-state index is 0.00558. The van der Waals surface area contributed by atoms with Crippen molar-refractivity contribution in [3.8, 4) is 0 Å². The third-order valence-corrected chi connectivity index (χ3v) is 5.10. The van der Waals surface area contributed by atoms with Crippen LogP contribution in [0.5, 0.6) is 0 Å². The first-order valence-electron chi connectivity index (χ1n) is 6.40. The first-order chi connectivity index (χ1) is 8.47. The number of carbonyl (C=O) groups is 1. The number of hydrogen-bond acceptors (Lipinski definition) is 4. The average molecular weight is 272 g/mol. The summed E-state index contributed by atoms with van der Waals surface area (Å²) in [5.74, 6) is -0.0185. The summed E-state index contributed by atoms with van der Waals surface area (Å²) in [6.07, 6.45) is 4.19. The van der Waals surface area contributed by atoms with E-state index in [0.29, 0.717) is 6.54 Å². The van der Waals surface area contributed by atoms with Gasteiger partial charge in [-0.1, -0.05) is 13.3 Å². The highest BCUT2D eigenvalue weighted by molar-refractivity contribution is 7.94. The third kappa shape index (κ3) is 2.75. The van der Waals surface area contributed by atoms with Gasteiger partial charge >= 0.3 is 0 Å². The van der Waals surface area contributed by atoms with Gasteiger partial charge in [0, 0.05) is 12.0 Å². The summed E-state index contributed by atoms with van der Waals surface area (Å²) in [6, 6.07) is -0.364. The number of nitrogens with one attached hydrogen (secondary N) is 2. The van der Waals surface area contributed by atoms with Crippen molar-refractivity contribution < 1.29 is 13.2 Å². The van der Waals surface area contributed by atoms with Gasteiger partial charge in [0.1, 0.15) is 0 Å². The fraction of sp³-hybridized carbons (Fsp3) is 0.750. The standard InChI is InChI=1S/C12H20N2O3S/c1-2-4-12(5-6-13-9-12)11(15)14-10-3-7-18(16,17)8-10/h3,7,10,13H,2,4-6,8-9H2,1H3,(H,14,15). The van der Waals surface area contributed by atoms with E-state index in [-0.39, 0.29) is 23.1 Å². The Morgan fingerprint density at radius 3 is 2.83 bits per heavy atom. The van der Waals surface area contributed by atoms with Gasteiger partial charge in [-0.2, -0.15) is 0 Å². The highest BCUT2D eigenvalue weighted by Crippen LogP contribution is 2.31. The Balaban J connectivity index is 2.01. The molecule has 102 valence electrons. The molecular weight excluding hydrogens is 252 g/mol. The van der Waals surface area contributed by atoms with E-state index >= 15 is 0 Å². The molecule has 0 aromatic heterocycles. The number of sulfone groups is 1. The second kappa shape index (κ2) is 5.01. The summed E-state index contributed by atoms with van der Waals surface area (Å²) in [6.45, 7) is 3.61. The molecule has 2 unspecified atom stereocenters. The summed E-state index contributed by atoms with van der Waals surface area (Å²) >= 11 is 0. The van der Waals surface area contributed by atoms with E-state index in [1.54, 1.807) is 6.08 Å².